The molecule has 0 heterocycles. The van der Waals surface area contributed by atoms with Gasteiger partial charge in [-0.05, 0) is 12.8 Å². The highest BCUT2D eigenvalue weighted by atomic mass is 16.2. The van der Waals surface area contributed by atoms with E-state index in [2.05, 4.69) is 0 Å². The summed E-state index contributed by atoms with van der Waals surface area (Å²) < 4.78 is 0. The molecular formula is C10H15NO2. The largest absolute Gasteiger partial charge is 0.371 e. The van der Waals surface area contributed by atoms with Crippen molar-refractivity contribution in [3.8, 4) is 0 Å². The highest BCUT2D eigenvalue weighted by Crippen LogP contribution is 2.21. The van der Waals surface area contributed by atoms with Gasteiger partial charge in [0.25, 0.3) is 0 Å². The van der Waals surface area contributed by atoms with Gasteiger partial charge in [0.1, 0.15) is 0 Å². The Labute approximate surface area is 77.7 Å². The van der Waals surface area contributed by atoms with Crippen LogP contribution in [-0.2, 0) is 0 Å². The van der Waals surface area contributed by atoms with Crippen molar-refractivity contribution in [3.63, 3.8) is 0 Å². The molecule has 0 saturated heterocycles. The maximum atomic E-state index is 11.2. The molecule has 1 aromatic carbocycles. The molecule has 0 amide bonds. The number of rotatable bonds is 3. The number of nitrogens with zero attached hydrogens (tertiary/aromatic N) is 1. The fourth-order valence-corrected chi connectivity index (χ4v) is 1.47. The quantitative estimate of drug-likeness (QED) is 0.649. The molecule has 0 bridgehead atoms. The Morgan fingerprint density at radius 3 is 2.15 bits per heavy atom. The number of hydrogen-bond donors (Lipinski definition) is 0. The molecular weight excluding hydrogens is 166 g/mol. The Bertz CT molecular complexity index is 372. The van der Waals surface area contributed by atoms with Crippen molar-refractivity contribution >= 4 is 5.69 Å². The highest BCUT2D eigenvalue weighted by molar-refractivity contribution is 5.59. The summed E-state index contributed by atoms with van der Waals surface area (Å²) >= 11 is 0. The summed E-state index contributed by atoms with van der Waals surface area (Å²) in [7, 11) is 1.84. The molecule has 1 aromatic rings. The first-order valence-electron chi connectivity index (χ1n) is 4.55. The normalized spacial score (nSPS) is 11.2. The zero-order valence-electron chi connectivity index (χ0n) is 8.55. The van der Waals surface area contributed by atoms with E-state index in [-0.39, 0.29) is 16.8 Å². The average Bonchev–Trinajstić information content (AvgIpc) is 2.10. The van der Waals surface area contributed by atoms with Crippen LogP contribution < -0.4 is 15.8 Å². The summed E-state index contributed by atoms with van der Waals surface area (Å²) in [4.78, 5) is 24.3. The topological polar surface area (TPSA) is 37.4 Å². The molecule has 0 fully saturated rings. The average molecular weight is 181 g/mol. The predicted octanol–water partition coefficient (Wildman–Crippen LogP) is 0.862. The van der Waals surface area contributed by atoms with Crippen molar-refractivity contribution in [2.45, 2.75) is 26.7 Å². The van der Waals surface area contributed by atoms with E-state index in [0.717, 1.165) is 6.54 Å². The van der Waals surface area contributed by atoms with Crippen molar-refractivity contribution < 1.29 is 0 Å². The number of hydrogen-bond acceptors (Lipinski definition) is 3. The first-order chi connectivity index (χ1) is 6.00. The third-order valence-electron chi connectivity index (χ3n) is 2.35. The maximum absolute atomic E-state index is 11.2. The summed E-state index contributed by atoms with van der Waals surface area (Å²) in [5.74, 6) is 0.147. The van der Waals surface area contributed by atoms with Crippen molar-refractivity contribution in [3.05, 3.63) is 26.0 Å². The molecule has 0 spiro atoms. The Balaban J connectivity index is 3.16. The van der Waals surface area contributed by atoms with Crippen molar-refractivity contribution in [1.29, 1.82) is 0 Å². The summed E-state index contributed by atoms with van der Waals surface area (Å²) in [5.41, 5.74) is 0.676. The molecule has 0 aliphatic carbocycles. The van der Waals surface area contributed by atoms with E-state index >= 15 is 0 Å². The van der Waals surface area contributed by atoms with E-state index in [9.17, 15) is 9.59 Å². The van der Waals surface area contributed by atoms with Gasteiger partial charge in [-0.15, -0.1) is 0 Å². The highest BCUT2D eigenvalue weighted by Gasteiger charge is 2.24. The Morgan fingerprint density at radius 1 is 1.23 bits per heavy atom. The van der Waals surface area contributed by atoms with Crippen LogP contribution in [0.25, 0.3) is 0 Å². The molecule has 0 atom stereocenters. The molecule has 72 valence electrons. The second-order valence-electron chi connectivity index (χ2n) is 3.59. The monoisotopic (exact) mass is 181 g/mol. The van der Waals surface area contributed by atoms with Gasteiger partial charge < -0.3 is 4.90 Å². The van der Waals surface area contributed by atoms with Crippen LogP contribution in [0.3, 0.4) is 0 Å². The van der Waals surface area contributed by atoms with Gasteiger partial charge in [0.15, 0.2) is 0 Å². The molecule has 0 aliphatic heterocycles. The first kappa shape index (κ1) is 9.96. The molecule has 0 aliphatic rings. The zero-order valence-corrected chi connectivity index (χ0v) is 8.55. The van der Waals surface area contributed by atoms with E-state index in [4.69, 9.17) is 0 Å². The summed E-state index contributed by atoms with van der Waals surface area (Å²) in [6.07, 6.45) is 0. The Morgan fingerprint density at radius 2 is 1.77 bits per heavy atom. The minimum atomic E-state index is -0.326. The molecule has 3 heteroatoms. The van der Waals surface area contributed by atoms with Crippen LogP contribution in [0.4, 0.5) is 5.69 Å². The lowest BCUT2D eigenvalue weighted by molar-refractivity contribution is 0.816. The second kappa shape index (κ2) is 3.32. The lowest BCUT2D eigenvalue weighted by atomic mass is 9.95. The molecule has 0 unspecified atom stereocenters. The van der Waals surface area contributed by atoms with Crippen molar-refractivity contribution in [2.75, 3.05) is 18.5 Å². The summed E-state index contributed by atoms with van der Waals surface area (Å²) in [6.45, 7) is 6.58. The van der Waals surface area contributed by atoms with Crippen LogP contribution in [-0.4, -0.2) is 13.6 Å². The van der Waals surface area contributed by atoms with Crippen LogP contribution in [0.1, 0.15) is 32.3 Å². The SMILES string of the molecule is CCN(C)c1c(C(C)C)c(=O)c1=O. The molecule has 0 radical (unpaired) electrons. The van der Waals surface area contributed by atoms with Crippen LogP contribution >= 0.6 is 0 Å². The molecule has 1 rings (SSSR count). The third-order valence-corrected chi connectivity index (χ3v) is 2.35. The zero-order chi connectivity index (χ0) is 10.2. The van der Waals surface area contributed by atoms with Crippen LogP contribution in [0.2, 0.25) is 0 Å². The summed E-state index contributed by atoms with van der Waals surface area (Å²) in [5, 5.41) is 0. The van der Waals surface area contributed by atoms with Gasteiger partial charge in [-0.25, -0.2) is 0 Å². The maximum Gasteiger partial charge on any atom is 0.249 e. The lowest BCUT2D eigenvalue weighted by Gasteiger charge is -2.22. The van der Waals surface area contributed by atoms with E-state index in [1.807, 2.05) is 32.7 Å². The van der Waals surface area contributed by atoms with Gasteiger partial charge in [-0.1, -0.05) is 13.8 Å². The number of anilines is 1. The second-order valence-corrected chi connectivity index (χ2v) is 3.59. The minimum Gasteiger partial charge on any atom is -0.371 e. The van der Waals surface area contributed by atoms with Gasteiger partial charge in [-0.3, -0.25) is 9.59 Å². The van der Waals surface area contributed by atoms with Gasteiger partial charge in [0, 0.05) is 19.2 Å². The third kappa shape index (κ3) is 1.39. The molecule has 0 N–H and O–H groups in total. The van der Waals surface area contributed by atoms with Crippen LogP contribution in [0.15, 0.2) is 9.59 Å². The van der Waals surface area contributed by atoms with E-state index in [1.165, 1.54) is 0 Å². The van der Waals surface area contributed by atoms with Crippen LogP contribution in [0, 0.1) is 0 Å². The smallest absolute Gasteiger partial charge is 0.249 e. The lowest BCUT2D eigenvalue weighted by Crippen LogP contribution is -2.42. The van der Waals surface area contributed by atoms with E-state index in [1.54, 1.807) is 0 Å². The predicted molar refractivity (Wildman–Crippen MR) is 54.4 cm³/mol. The van der Waals surface area contributed by atoms with Gasteiger partial charge in [-0.2, -0.15) is 0 Å². The fourth-order valence-electron chi connectivity index (χ4n) is 1.47. The van der Waals surface area contributed by atoms with Gasteiger partial charge in [0.05, 0.1) is 5.69 Å². The minimum absolute atomic E-state index is 0.147. The van der Waals surface area contributed by atoms with E-state index in [0.29, 0.717) is 11.3 Å². The van der Waals surface area contributed by atoms with E-state index < -0.39 is 0 Å². The standard InChI is InChI=1S/C10H15NO2/c1-5-11(4)8-7(6(2)3)9(12)10(8)13/h6H,5H2,1-4H3. The van der Waals surface area contributed by atoms with Crippen molar-refractivity contribution in [2.24, 2.45) is 0 Å². The first-order valence-corrected chi connectivity index (χ1v) is 4.55. The fraction of sp³-hybridized carbons (Fsp3) is 0.600. The molecule has 0 saturated carbocycles. The summed E-state index contributed by atoms with van der Waals surface area (Å²) in [6, 6.07) is 0. The molecule has 13 heavy (non-hydrogen) atoms. The molecule has 3 nitrogen and oxygen atoms in total. The Hall–Kier alpha value is -1.12. The van der Waals surface area contributed by atoms with Crippen molar-refractivity contribution in [1.82, 2.24) is 0 Å². The van der Waals surface area contributed by atoms with Gasteiger partial charge in [0.2, 0.25) is 10.9 Å². The Kier molecular flexibility index (Phi) is 2.55. The molecule has 0 aromatic heterocycles. The van der Waals surface area contributed by atoms with Gasteiger partial charge >= 0.3 is 0 Å². The van der Waals surface area contributed by atoms with Crippen LogP contribution in [0.5, 0.6) is 0 Å².